The fraction of sp³-hybridized carbons (Fsp3) is 0.400. The lowest BCUT2D eigenvalue weighted by Crippen LogP contribution is -2.25. The number of carbonyl (C=O) groups is 1. The molecule has 1 atom stereocenters. The zero-order valence-electron chi connectivity index (χ0n) is 7.97. The number of hydrogen-bond acceptors (Lipinski definition) is 3. The summed E-state index contributed by atoms with van der Waals surface area (Å²) in [6.07, 6.45) is 2.24. The van der Waals surface area contributed by atoms with Gasteiger partial charge in [0.2, 0.25) is 5.91 Å². The van der Waals surface area contributed by atoms with Crippen LogP contribution in [0.4, 0.5) is 5.82 Å². The lowest BCUT2D eigenvalue weighted by atomic mass is 10.3. The highest BCUT2D eigenvalue weighted by molar-refractivity contribution is 7.81. The Morgan fingerprint density at radius 2 is 2.43 bits per heavy atom. The van der Waals surface area contributed by atoms with Crippen LogP contribution in [0, 0.1) is 6.92 Å². The first-order chi connectivity index (χ1) is 6.66. The molecule has 1 aliphatic rings. The highest BCUT2D eigenvalue weighted by Gasteiger charge is 2.28. The van der Waals surface area contributed by atoms with Crippen LogP contribution in [-0.2, 0) is 4.79 Å². The highest BCUT2D eigenvalue weighted by Crippen LogP contribution is 2.22. The number of hydrogen-bond donors (Lipinski definition) is 1. The van der Waals surface area contributed by atoms with E-state index in [9.17, 15) is 4.79 Å². The molecule has 0 bridgehead atoms. The summed E-state index contributed by atoms with van der Waals surface area (Å²) in [5, 5.41) is 0.143. The summed E-state index contributed by atoms with van der Waals surface area (Å²) >= 11 is 4.30. The van der Waals surface area contributed by atoms with Crippen LogP contribution in [0.3, 0.4) is 0 Å². The van der Waals surface area contributed by atoms with Gasteiger partial charge < -0.3 is 0 Å². The summed E-state index contributed by atoms with van der Waals surface area (Å²) in [5.74, 6) is 0.856. The first-order valence-electron chi connectivity index (χ1n) is 4.58. The predicted molar refractivity (Wildman–Crippen MR) is 58.7 cm³/mol. The molecule has 1 fully saturated rings. The molecule has 0 N–H and O–H groups in total. The van der Waals surface area contributed by atoms with Crippen molar-refractivity contribution in [3.8, 4) is 0 Å². The fourth-order valence-corrected chi connectivity index (χ4v) is 1.90. The van der Waals surface area contributed by atoms with Gasteiger partial charge in [0, 0.05) is 24.4 Å². The van der Waals surface area contributed by atoms with Gasteiger partial charge in [-0.15, -0.1) is 0 Å². The third-order valence-electron chi connectivity index (χ3n) is 2.28. The zero-order valence-corrected chi connectivity index (χ0v) is 8.87. The van der Waals surface area contributed by atoms with E-state index in [1.807, 2.05) is 19.1 Å². The van der Waals surface area contributed by atoms with Crippen molar-refractivity contribution in [2.45, 2.75) is 18.6 Å². The molecule has 0 saturated carbocycles. The SMILES string of the molecule is Cc1ccnc(N2CC(S)CC2=O)c1. The van der Waals surface area contributed by atoms with Gasteiger partial charge in [0.05, 0.1) is 0 Å². The molecule has 74 valence electrons. The smallest absolute Gasteiger partial charge is 0.229 e. The van der Waals surface area contributed by atoms with Gasteiger partial charge in [0.1, 0.15) is 5.82 Å². The number of thiol groups is 1. The Bertz CT molecular complexity index is 367. The van der Waals surface area contributed by atoms with E-state index in [1.54, 1.807) is 11.1 Å². The van der Waals surface area contributed by atoms with Crippen molar-refractivity contribution in [1.82, 2.24) is 4.98 Å². The van der Waals surface area contributed by atoms with Crippen molar-refractivity contribution in [2.75, 3.05) is 11.4 Å². The van der Waals surface area contributed by atoms with Gasteiger partial charge in [0.25, 0.3) is 0 Å². The van der Waals surface area contributed by atoms with E-state index in [0.717, 1.165) is 11.4 Å². The zero-order chi connectivity index (χ0) is 10.1. The van der Waals surface area contributed by atoms with Gasteiger partial charge in [-0.1, -0.05) is 0 Å². The summed E-state index contributed by atoms with van der Waals surface area (Å²) in [7, 11) is 0. The molecule has 3 nitrogen and oxygen atoms in total. The van der Waals surface area contributed by atoms with Gasteiger partial charge in [-0.25, -0.2) is 4.98 Å². The number of rotatable bonds is 1. The maximum absolute atomic E-state index is 11.5. The summed E-state index contributed by atoms with van der Waals surface area (Å²) in [6, 6.07) is 3.84. The second-order valence-electron chi connectivity index (χ2n) is 3.55. The molecule has 0 aromatic carbocycles. The minimum Gasteiger partial charge on any atom is -0.296 e. The average Bonchev–Trinajstić information content (AvgIpc) is 2.45. The Hall–Kier alpha value is -1.03. The number of aryl methyl sites for hydroxylation is 1. The lowest BCUT2D eigenvalue weighted by molar-refractivity contribution is -0.117. The molecule has 0 aliphatic carbocycles. The molecule has 1 unspecified atom stereocenters. The quantitative estimate of drug-likeness (QED) is 0.708. The number of amides is 1. The summed E-state index contributed by atoms with van der Waals surface area (Å²) < 4.78 is 0. The molecule has 1 aromatic rings. The van der Waals surface area contributed by atoms with E-state index in [1.165, 1.54) is 0 Å². The van der Waals surface area contributed by atoms with Crippen LogP contribution in [0.2, 0.25) is 0 Å². The Labute approximate surface area is 88.5 Å². The maximum atomic E-state index is 11.5. The van der Waals surface area contributed by atoms with E-state index in [0.29, 0.717) is 13.0 Å². The molecule has 1 saturated heterocycles. The average molecular weight is 208 g/mol. The van der Waals surface area contributed by atoms with Gasteiger partial charge >= 0.3 is 0 Å². The Morgan fingerprint density at radius 1 is 1.64 bits per heavy atom. The van der Waals surface area contributed by atoms with E-state index in [2.05, 4.69) is 17.6 Å². The summed E-state index contributed by atoms with van der Waals surface area (Å²) in [5.41, 5.74) is 1.12. The van der Waals surface area contributed by atoms with E-state index in [-0.39, 0.29) is 11.2 Å². The van der Waals surface area contributed by atoms with E-state index in [4.69, 9.17) is 0 Å². The van der Waals surface area contributed by atoms with Crippen LogP contribution in [0.15, 0.2) is 18.3 Å². The largest absolute Gasteiger partial charge is 0.296 e. The van der Waals surface area contributed by atoms with Crippen LogP contribution in [0.25, 0.3) is 0 Å². The van der Waals surface area contributed by atoms with Crippen molar-refractivity contribution in [3.05, 3.63) is 23.9 Å². The fourth-order valence-electron chi connectivity index (χ4n) is 1.58. The molecular weight excluding hydrogens is 196 g/mol. The molecule has 2 heterocycles. The molecule has 1 aromatic heterocycles. The number of carbonyl (C=O) groups excluding carboxylic acids is 1. The monoisotopic (exact) mass is 208 g/mol. The molecule has 0 radical (unpaired) electrons. The molecule has 14 heavy (non-hydrogen) atoms. The lowest BCUT2D eigenvalue weighted by Gasteiger charge is -2.14. The van der Waals surface area contributed by atoms with Crippen LogP contribution in [-0.4, -0.2) is 22.7 Å². The number of aromatic nitrogens is 1. The van der Waals surface area contributed by atoms with Crippen molar-refractivity contribution < 1.29 is 4.79 Å². The minimum atomic E-state index is 0.114. The summed E-state index contributed by atoms with van der Waals surface area (Å²) in [4.78, 5) is 17.4. The van der Waals surface area contributed by atoms with Gasteiger partial charge in [-0.3, -0.25) is 9.69 Å². The van der Waals surface area contributed by atoms with E-state index < -0.39 is 0 Å². The molecule has 4 heteroatoms. The number of pyridine rings is 1. The normalized spacial score (nSPS) is 21.7. The molecule has 1 amide bonds. The standard InChI is InChI=1S/C10H12N2OS/c1-7-2-3-11-9(4-7)12-6-8(14)5-10(12)13/h2-4,8,14H,5-6H2,1H3. The van der Waals surface area contributed by atoms with E-state index >= 15 is 0 Å². The van der Waals surface area contributed by atoms with Gasteiger partial charge in [-0.2, -0.15) is 12.6 Å². The molecule has 2 rings (SSSR count). The highest BCUT2D eigenvalue weighted by atomic mass is 32.1. The molecule has 0 spiro atoms. The Balaban J connectivity index is 2.27. The number of nitrogens with zero attached hydrogens (tertiary/aromatic N) is 2. The Morgan fingerprint density at radius 3 is 3.00 bits per heavy atom. The van der Waals surface area contributed by atoms with Crippen LogP contribution < -0.4 is 4.90 Å². The molecule has 1 aliphatic heterocycles. The van der Waals surface area contributed by atoms with Crippen LogP contribution >= 0.6 is 12.6 Å². The second kappa shape index (κ2) is 3.61. The van der Waals surface area contributed by atoms with Gasteiger partial charge in [0.15, 0.2) is 0 Å². The topological polar surface area (TPSA) is 33.2 Å². The summed E-state index contributed by atoms with van der Waals surface area (Å²) in [6.45, 7) is 2.66. The Kier molecular flexibility index (Phi) is 2.46. The third-order valence-corrected chi connectivity index (χ3v) is 2.63. The maximum Gasteiger partial charge on any atom is 0.229 e. The first-order valence-corrected chi connectivity index (χ1v) is 5.09. The first kappa shape index (κ1) is 9.52. The molecular formula is C10H12N2OS. The second-order valence-corrected chi connectivity index (χ2v) is 4.28. The van der Waals surface area contributed by atoms with Gasteiger partial charge in [-0.05, 0) is 24.6 Å². The van der Waals surface area contributed by atoms with Crippen molar-refractivity contribution >= 4 is 24.4 Å². The minimum absolute atomic E-state index is 0.114. The van der Waals surface area contributed by atoms with Crippen molar-refractivity contribution in [3.63, 3.8) is 0 Å². The predicted octanol–water partition coefficient (Wildman–Crippen LogP) is 1.43. The van der Waals surface area contributed by atoms with Crippen molar-refractivity contribution in [1.29, 1.82) is 0 Å². The van der Waals surface area contributed by atoms with Crippen LogP contribution in [0.5, 0.6) is 0 Å². The third kappa shape index (κ3) is 1.75. The van der Waals surface area contributed by atoms with Crippen molar-refractivity contribution in [2.24, 2.45) is 0 Å². The number of anilines is 1. The van der Waals surface area contributed by atoms with Crippen LogP contribution in [0.1, 0.15) is 12.0 Å².